The number of fused-ring (bicyclic) bond motifs is 3. The first-order valence-corrected chi connectivity index (χ1v) is 6.58. The van der Waals surface area contributed by atoms with E-state index in [1.165, 1.54) is 0 Å². The van der Waals surface area contributed by atoms with Crippen LogP contribution in [0.3, 0.4) is 0 Å². The van der Waals surface area contributed by atoms with Crippen LogP contribution in [-0.2, 0) is 13.1 Å². The zero-order valence-corrected chi connectivity index (χ0v) is 12.0. The van der Waals surface area contributed by atoms with Crippen molar-refractivity contribution < 1.29 is 4.79 Å². The molecule has 104 valence electrons. The summed E-state index contributed by atoms with van der Waals surface area (Å²) in [5.74, 6) is 0.737. The number of halogens is 1. The number of carbonyl (C=O) groups excluding carboxylic acids is 1. The van der Waals surface area contributed by atoms with E-state index in [2.05, 4.69) is 10.2 Å². The molecule has 1 aliphatic heterocycles. The highest BCUT2D eigenvalue weighted by Gasteiger charge is 2.24. The second kappa shape index (κ2) is 4.79. The van der Waals surface area contributed by atoms with Gasteiger partial charge < -0.3 is 9.80 Å². The number of urea groups is 1. The Morgan fingerprint density at radius 1 is 1.35 bits per heavy atom. The second-order valence-corrected chi connectivity index (χ2v) is 5.36. The van der Waals surface area contributed by atoms with Crippen LogP contribution in [0.1, 0.15) is 11.4 Å². The first kappa shape index (κ1) is 12.9. The van der Waals surface area contributed by atoms with Crippen LogP contribution in [0.2, 0.25) is 5.02 Å². The minimum atomic E-state index is -0.0626. The van der Waals surface area contributed by atoms with Gasteiger partial charge in [-0.2, -0.15) is 0 Å². The predicted octanol–water partition coefficient (Wildman–Crippen LogP) is 1.92. The van der Waals surface area contributed by atoms with Crippen LogP contribution in [0.4, 0.5) is 4.79 Å². The highest BCUT2D eigenvalue weighted by atomic mass is 35.5. The number of hydrogen-bond acceptors (Lipinski definition) is 3. The second-order valence-electron chi connectivity index (χ2n) is 4.92. The lowest BCUT2D eigenvalue weighted by Gasteiger charge is -2.24. The average Bonchev–Trinajstić information content (AvgIpc) is 2.79. The van der Waals surface area contributed by atoms with E-state index < -0.39 is 0 Å². The predicted molar refractivity (Wildman–Crippen MR) is 74.7 cm³/mol. The van der Waals surface area contributed by atoms with Crippen LogP contribution in [0, 0.1) is 0 Å². The van der Waals surface area contributed by atoms with Crippen molar-refractivity contribution >= 4 is 17.6 Å². The van der Waals surface area contributed by atoms with Crippen molar-refractivity contribution in [2.45, 2.75) is 13.1 Å². The van der Waals surface area contributed by atoms with E-state index in [0.29, 0.717) is 18.1 Å². The lowest BCUT2D eigenvalue weighted by molar-refractivity contribution is 0.164. The number of hydrogen-bond donors (Lipinski definition) is 0. The minimum absolute atomic E-state index is 0.0626. The Balaban J connectivity index is 2.11. The molecule has 1 aliphatic rings. The molecule has 1 aromatic carbocycles. The van der Waals surface area contributed by atoms with Gasteiger partial charge in [-0.25, -0.2) is 4.79 Å². The van der Waals surface area contributed by atoms with Crippen molar-refractivity contribution in [2.24, 2.45) is 0 Å². The molecule has 1 aromatic heterocycles. The van der Waals surface area contributed by atoms with Gasteiger partial charge in [0.15, 0.2) is 5.82 Å². The number of carbonyl (C=O) groups is 1. The largest absolute Gasteiger partial charge is 0.331 e. The van der Waals surface area contributed by atoms with E-state index in [1.54, 1.807) is 30.2 Å². The van der Waals surface area contributed by atoms with E-state index in [0.717, 1.165) is 17.1 Å². The van der Waals surface area contributed by atoms with Gasteiger partial charge in [0.1, 0.15) is 6.33 Å². The first-order chi connectivity index (χ1) is 9.56. The van der Waals surface area contributed by atoms with Gasteiger partial charge in [-0.1, -0.05) is 11.6 Å². The molecule has 0 N–H and O–H groups in total. The van der Waals surface area contributed by atoms with Crippen molar-refractivity contribution in [3.63, 3.8) is 0 Å². The molecule has 0 spiro atoms. The molecule has 0 saturated carbocycles. The summed E-state index contributed by atoms with van der Waals surface area (Å²) in [5.41, 5.74) is 1.94. The Morgan fingerprint density at radius 3 is 2.90 bits per heavy atom. The van der Waals surface area contributed by atoms with Crippen molar-refractivity contribution in [1.29, 1.82) is 0 Å². The molecule has 0 saturated heterocycles. The molecule has 3 rings (SSSR count). The summed E-state index contributed by atoms with van der Waals surface area (Å²) < 4.78 is 1.90. The number of benzene rings is 1. The highest BCUT2D eigenvalue weighted by molar-refractivity contribution is 6.30. The van der Waals surface area contributed by atoms with E-state index in [9.17, 15) is 4.79 Å². The van der Waals surface area contributed by atoms with E-state index in [1.807, 2.05) is 22.8 Å². The first-order valence-electron chi connectivity index (χ1n) is 6.20. The van der Waals surface area contributed by atoms with Crippen LogP contribution in [0.15, 0.2) is 24.5 Å². The molecule has 0 atom stereocenters. The zero-order valence-electron chi connectivity index (χ0n) is 11.2. The molecular formula is C13H14ClN5O. The van der Waals surface area contributed by atoms with Crippen molar-refractivity contribution in [3.8, 4) is 5.69 Å². The molecule has 7 heteroatoms. The highest BCUT2D eigenvalue weighted by Crippen LogP contribution is 2.26. The Bertz CT molecular complexity index is 667. The molecule has 2 heterocycles. The van der Waals surface area contributed by atoms with Crippen LogP contribution >= 0.6 is 11.6 Å². The minimum Gasteiger partial charge on any atom is -0.331 e. The number of rotatable bonds is 0. The van der Waals surface area contributed by atoms with Gasteiger partial charge in [-0.3, -0.25) is 4.57 Å². The normalized spacial score (nSPS) is 13.4. The van der Waals surface area contributed by atoms with Crippen LogP contribution in [0.25, 0.3) is 5.69 Å². The van der Waals surface area contributed by atoms with Crippen molar-refractivity contribution in [2.75, 3.05) is 14.1 Å². The third-order valence-corrected chi connectivity index (χ3v) is 3.50. The number of nitrogens with zero attached hydrogens (tertiary/aromatic N) is 5. The van der Waals surface area contributed by atoms with Gasteiger partial charge in [-0.15, -0.1) is 10.2 Å². The van der Waals surface area contributed by atoms with Gasteiger partial charge in [0, 0.05) is 19.1 Å². The van der Waals surface area contributed by atoms with Gasteiger partial charge >= 0.3 is 6.03 Å². The quantitative estimate of drug-likeness (QED) is 0.745. The molecule has 2 aromatic rings. The lowest BCUT2D eigenvalue weighted by Crippen LogP contribution is -2.38. The van der Waals surface area contributed by atoms with Crippen LogP contribution in [-0.4, -0.2) is 44.7 Å². The fraction of sp³-hybridized carbons (Fsp3) is 0.308. The Kier molecular flexibility index (Phi) is 3.10. The summed E-state index contributed by atoms with van der Waals surface area (Å²) in [6, 6.07) is 5.57. The summed E-state index contributed by atoms with van der Waals surface area (Å²) in [4.78, 5) is 15.5. The van der Waals surface area contributed by atoms with Crippen LogP contribution < -0.4 is 0 Å². The van der Waals surface area contributed by atoms with E-state index >= 15 is 0 Å². The van der Waals surface area contributed by atoms with E-state index in [-0.39, 0.29) is 6.03 Å². The monoisotopic (exact) mass is 291 g/mol. The van der Waals surface area contributed by atoms with Crippen molar-refractivity contribution in [3.05, 3.63) is 40.9 Å². The fourth-order valence-corrected chi connectivity index (χ4v) is 2.53. The molecule has 2 amide bonds. The van der Waals surface area contributed by atoms with E-state index in [4.69, 9.17) is 11.6 Å². The van der Waals surface area contributed by atoms with Gasteiger partial charge in [0.25, 0.3) is 0 Å². The summed E-state index contributed by atoms with van der Waals surface area (Å²) >= 11 is 6.07. The topological polar surface area (TPSA) is 54.3 Å². The van der Waals surface area contributed by atoms with Gasteiger partial charge in [-0.05, 0) is 23.8 Å². The smallest absolute Gasteiger partial charge is 0.320 e. The third-order valence-electron chi connectivity index (χ3n) is 3.27. The maximum Gasteiger partial charge on any atom is 0.320 e. The Hall–Kier alpha value is -2.08. The fourth-order valence-electron chi connectivity index (χ4n) is 2.33. The standard InChI is InChI=1S/C13H14ClN5O/c1-17(2)13(20)18-6-9-5-10(14)3-4-11(9)19-8-15-16-12(19)7-18/h3-5,8H,6-7H2,1-2H3. The molecular weight excluding hydrogens is 278 g/mol. The third kappa shape index (κ3) is 2.12. The Morgan fingerprint density at radius 2 is 2.15 bits per heavy atom. The Labute approximate surface area is 121 Å². The maximum absolute atomic E-state index is 12.2. The SMILES string of the molecule is CN(C)C(=O)N1Cc2cc(Cl)ccc2-n2cnnc2C1. The average molecular weight is 292 g/mol. The molecule has 6 nitrogen and oxygen atoms in total. The molecule has 0 aliphatic carbocycles. The van der Waals surface area contributed by atoms with Gasteiger partial charge in [0.05, 0.1) is 18.8 Å². The summed E-state index contributed by atoms with van der Waals surface area (Å²) in [7, 11) is 3.47. The number of amides is 2. The molecule has 20 heavy (non-hydrogen) atoms. The molecule has 0 fully saturated rings. The zero-order chi connectivity index (χ0) is 14.3. The lowest BCUT2D eigenvalue weighted by atomic mass is 10.1. The molecule has 0 radical (unpaired) electrons. The van der Waals surface area contributed by atoms with Gasteiger partial charge in [0.2, 0.25) is 0 Å². The summed E-state index contributed by atoms with van der Waals surface area (Å²) in [6.45, 7) is 0.916. The number of aromatic nitrogens is 3. The summed E-state index contributed by atoms with van der Waals surface area (Å²) in [5, 5.41) is 8.68. The van der Waals surface area contributed by atoms with Crippen molar-refractivity contribution in [1.82, 2.24) is 24.6 Å². The van der Waals surface area contributed by atoms with Crippen LogP contribution in [0.5, 0.6) is 0 Å². The maximum atomic E-state index is 12.2. The molecule has 0 bridgehead atoms. The molecule has 0 unspecified atom stereocenters. The summed E-state index contributed by atoms with van der Waals surface area (Å²) in [6.07, 6.45) is 1.66.